The normalized spacial score (nSPS) is 12.2. The molecule has 1 atom stereocenters. The largest absolute Gasteiger partial charge is 0.393 e. The maximum atomic E-state index is 12.0. The molecule has 1 amide bonds. The van der Waals surface area contributed by atoms with Crippen LogP contribution in [0, 0.1) is 6.92 Å². The second-order valence-electron chi connectivity index (χ2n) is 4.31. The summed E-state index contributed by atoms with van der Waals surface area (Å²) in [5.74, 6) is -0.145. The van der Waals surface area contributed by atoms with Gasteiger partial charge in [0.05, 0.1) is 23.1 Å². The smallest absolute Gasteiger partial charge is 0.253 e. The van der Waals surface area contributed by atoms with Crippen LogP contribution in [-0.4, -0.2) is 33.9 Å². The lowest BCUT2D eigenvalue weighted by Crippen LogP contribution is -2.28. The Balaban J connectivity index is 2.63. The number of hydrogen-bond donors (Lipinski definition) is 2. The first-order valence-corrected chi connectivity index (χ1v) is 6.37. The Kier molecular flexibility index (Phi) is 5.71. The quantitative estimate of drug-likeness (QED) is 0.797. The number of aliphatic hydroxyl groups excluding tert-OH is 1. The molecule has 0 saturated carbocycles. The average Bonchev–Trinajstić information content (AvgIpc) is 2.38. The number of carbonyl (C=O) groups excluding carboxylic acids is 1. The van der Waals surface area contributed by atoms with Crippen LogP contribution in [0.1, 0.15) is 48.4 Å². The molecule has 2 N–H and O–H groups in total. The summed E-state index contributed by atoms with van der Waals surface area (Å²) in [6.45, 7) is 6.14. The van der Waals surface area contributed by atoms with E-state index in [1.54, 1.807) is 6.07 Å². The molecule has 0 fully saturated rings. The minimum atomic E-state index is -0.353. The highest BCUT2D eigenvalue weighted by Crippen LogP contribution is 2.07. The van der Waals surface area contributed by atoms with Gasteiger partial charge in [-0.15, -0.1) is 0 Å². The van der Waals surface area contributed by atoms with E-state index in [2.05, 4.69) is 15.5 Å². The molecule has 0 aliphatic rings. The molecule has 1 heterocycles. The van der Waals surface area contributed by atoms with Crippen molar-refractivity contribution in [3.05, 3.63) is 23.0 Å². The molecular weight excluding hydrogens is 230 g/mol. The lowest BCUT2D eigenvalue weighted by Gasteiger charge is -2.10. The summed E-state index contributed by atoms with van der Waals surface area (Å²) in [4.78, 5) is 12.0. The number of rotatable bonds is 6. The first-order chi connectivity index (χ1) is 8.58. The summed E-state index contributed by atoms with van der Waals surface area (Å²) in [7, 11) is 0. The Morgan fingerprint density at radius 3 is 2.78 bits per heavy atom. The second-order valence-corrected chi connectivity index (χ2v) is 4.31. The van der Waals surface area contributed by atoms with Crippen molar-refractivity contribution in [1.29, 1.82) is 0 Å². The van der Waals surface area contributed by atoms with Gasteiger partial charge in [-0.2, -0.15) is 10.2 Å². The average molecular weight is 251 g/mol. The molecule has 0 aromatic carbocycles. The molecule has 1 unspecified atom stereocenters. The molecule has 0 bridgehead atoms. The van der Waals surface area contributed by atoms with Crippen molar-refractivity contribution in [2.24, 2.45) is 0 Å². The van der Waals surface area contributed by atoms with Gasteiger partial charge >= 0.3 is 0 Å². The van der Waals surface area contributed by atoms with Crippen molar-refractivity contribution in [1.82, 2.24) is 15.5 Å². The van der Waals surface area contributed by atoms with Crippen molar-refractivity contribution >= 4 is 5.91 Å². The molecule has 1 aromatic heterocycles. The van der Waals surface area contributed by atoms with Crippen LogP contribution < -0.4 is 5.32 Å². The topological polar surface area (TPSA) is 75.1 Å². The van der Waals surface area contributed by atoms with E-state index >= 15 is 0 Å². The van der Waals surface area contributed by atoms with Crippen molar-refractivity contribution < 1.29 is 9.90 Å². The maximum absolute atomic E-state index is 12.0. The molecule has 0 spiro atoms. The summed E-state index contributed by atoms with van der Waals surface area (Å²) in [5.41, 5.74) is 2.01. The van der Waals surface area contributed by atoms with Crippen LogP contribution in [0.3, 0.4) is 0 Å². The Morgan fingerprint density at radius 2 is 2.17 bits per heavy atom. The van der Waals surface area contributed by atoms with E-state index < -0.39 is 0 Å². The van der Waals surface area contributed by atoms with E-state index in [0.717, 1.165) is 5.69 Å². The fraction of sp³-hybridized carbons (Fsp3) is 0.615. The summed E-state index contributed by atoms with van der Waals surface area (Å²) >= 11 is 0. The van der Waals surface area contributed by atoms with Gasteiger partial charge in [0.25, 0.3) is 5.91 Å². The lowest BCUT2D eigenvalue weighted by atomic mass is 10.1. The van der Waals surface area contributed by atoms with Gasteiger partial charge in [-0.1, -0.05) is 13.8 Å². The van der Waals surface area contributed by atoms with E-state index in [0.29, 0.717) is 37.1 Å². The first-order valence-electron chi connectivity index (χ1n) is 6.37. The molecule has 0 radical (unpaired) electrons. The Labute approximate surface area is 108 Å². The minimum Gasteiger partial charge on any atom is -0.393 e. The van der Waals surface area contributed by atoms with Gasteiger partial charge in [0, 0.05) is 6.54 Å². The van der Waals surface area contributed by atoms with Crippen molar-refractivity contribution in [3.63, 3.8) is 0 Å². The fourth-order valence-corrected chi connectivity index (χ4v) is 1.62. The van der Waals surface area contributed by atoms with Gasteiger partial charge in [0.1, 0.15) is 0 Å². The van der Waals surface area contributed by atoms with Gasteiger partial charge in [-0.25, -0.2) is 0 Å². The van der Waals surface area contributed by atoms with Gasteiger partial charge in [-0.3, -0.25) is 4.79 Å². The standard InChI is InChI=1S/C13H21N3O2/c1-4-10(17)6-7-14-13(18)11-8-9(3)15-16-12(11)5-2/h8,10,17H,4-7H2,1-3H3,(H,14,18). The zero-order valence-electron chi connectivity index (χ0n) is 11.2. The summed E-state index contributed by atoms with van der Waals surface area (Å²) < 4.78 is 0. The SMILES string of the molecule is CCc1nnc(C)cc1C(=O)NCCC(O)CC. The highest BCUT2D eigenvalue weighted by molar-refractivity contribution is 5.95. The van der Waals surface area contributed by atoms with Crippen LogP contribution in [0.25, 0.3) is 0 Å². The van der Waals surface area contributed by atoms with Gasteiger partial charge in [-0.05, 0) is 32.3 Å². The van der Waals surface area contributed by atoms with Crippen molar-refractivity contribution in [3.8, 4) is 0 Å². The summed E-state index contributed by atoms with van der Waals surface area (Å²) in [5, 5.41) is 20.2. The zero-order valence-corrected chi connectivity index (χ0v) is 11.2. The van der Waals surface area contributed by atoms with E-state index in [-0.39, 0.29) is 12.0 Å². The van der Waals surface area contributed by atoms with E-state index in [4.69, 9.17) is 0 Å². The van der Waals surface area contributed by atoms with Crippen LogP contribution >= 0.6 is 0 Å². The van der Waals surface area contributed by atoms with E-state index in [9.17, 15) is 9.90 Å². The van der Waals surface area contributed by atoms with Crippen LogP contribution in [0.15, 0.2) is 6.07 Å². The van der Waals surface area contributed by atoms with E-state index in [1.165, 1.54) is 0 Å². The number of carbonyl (C=O) groups is 1. The highest BCUT2D eigenvalue weighted by atomic mass is 16.3. The van der Waals surface area contributed by atoms with Gasteiger partial charge in [0.15, 0.2) is 0 Å². The Hall–Kier alpha value is -1.49. The molecular formula is C13H21N3O2. The third kappa shape index (κ3) is 4.07. The van der Waals surface area contributed by atoms with Crippen LogP contribution in [-0.2, 0) is 6.42 Å². The lowest BCUT2D eigenvalue weighted by molar-refractivity contribution is 0.0940. The van der Waals surface area contributed by atoms with Gasteiger partial charge < -0.3 is 10.4 Å². The predicted octanol–water partition coefficient (Wildman–Crippen LogP) is 1.24. The third-order valence-corrected chi connectivity index (χ3v) is 2.81. The zero-order chi connectivity index (χ0) is 13.5. The molecule has 0 aliphatic heterocycles. The molecule has 5 heteroatoms. The number of nitrogens with zero attached hydrogens (tertiary/aromatic N) is 2. The highest BCUT2D eigenvalue weighted by Gasteiger charge is 2.12. The predicted molar refractivity (Wildman–Crippen MR) is 69.4 cm³/mol. The Morgan fingerprint density at radius 1 is 1.44 bits per heavy atom. The van der Waals surface area contributed by atoms with Crippen molar-refractivity contribution in [2.75, 3.05) is 6.54 Å². The van der Waals surface area contributed by atoms with Crippen LogP contribution in [0.5, 0.6) is 0 Å². The molecule has 1 rings (SSSR count). The molecule has 100 valence electrons. The van der Waals surface area contributed by atoms with Crippen LogP contribution in [0.4, 0.5) is 0 Å². The van der Waals surface area contributed by atoms with E-state index in [1.807, 2.05) is 20.8 Å². The number of aryl methyl sites for hydroxylation is 2. The number of nitrogens with one attached hydrogen (secondary N) is 1. The number of aromatic nitrogens is 2. The summed E-state index contributed by atoms with van der Waals surface area (Å²) in [6, 6.07) is 1.75. The molecule has 0 saturated heterocycles. The molecule has 0 aliphatic carbocycles. The van der Waals surface area contributed by atoms with Crippen molar-refractivity contribution in [2.45, 2.75) is 46.1 Å². The Bertz CT molecular complexity index is 407. The fourth-order valence-electron chi connectivity index (χ4n) is 1.62. The summed E-state index contributed by atoms with van der Waals surface area (Å²) in [6.07, 6.45) is 1.59. The second kappa shape index (κ2) is 7.06. The number of amides is 1. The molecule has 1 aromatic rings. The number of aliphatic hydroxyl groups is 1. The molecule has 5 nitrogen and oxygen atoms in total. The first kappa shape index (κ1) is 14.6. The van der Waals surface area contributed by atoms with Crippen LogP contribution in [0.2, 0.25) is 0 Å². The third-order valence-electron chi connectivity index (χ3n) is 2.81. The number of hydrogen-bond acceptors (Lipinski definition) is 4. The van der Waals surface area contributed by atoms with Gasteiger partial charge in [0.2, 0.25) is 0 Å². The minimum absolute atomic E-state index is 0.145. The molecule has 18 heavy (non-hydrogen) atoms. The monoisotopic (exact) mass is 251 g/mol. The maximum Gasteiger partial charge on any atom is 0.253 e.